The Labute approximate surface area is 192 Å². The Bertz CT molecular complexity index is 855. The molecular weight excluding hydrogens is 402 g/mol. The maximum absolute atomic E-state index is 13.5. The highest BCUT2D eigenvalue weighted by Gasteiger charge is 2.47. The van der Waals surface area contributed by atoms with Crippen LogP contribution < -0.4 is 0 Å². The van der Waals surface area contributed by atoms with Crippen molar-refractivity contribution < 1.29 is 19.1 Å². The number of rotatable bonds is 6. The molecule has 0 spiro atoms. The molecule has 0 radical (unpaired) electrons. The number of ether oxygens (including phenoxy) is 2. The highest BCUT2D eigenvalue weighted by atomic mass is 16.6. The highest BCUT2D eigenvalue weighted by molar-refractivity contribution is 5.84. The minimum Gasteiger partial charge on any atom is -0.460 e. The molecule has 1 aromatic carbocycles. The van der Waals surface area contributed by atoms with E-state index in [0.29, 0.717) is 5.92 Å². The smallest absolute Gasteiger partial charge is 0.316 e. The Morgan fingerprint density at radius 2 is 1.88 bits per heavy atom. The van der Waals surface area contributed by atoms with Crippen molar-refractivity contribution >= 4 is 18.0 Å². The van der Waals surface area contributed by atoms with E-state index in [1.54, 1.807) is 0 Å². The average Bonchev–Trinajstić information content (AvgIpc) is 3.25. The molecule has 0 aromatic heterocycles. The van der Waals surface area contributed by atoms with Gasteiger partial charge in [-0.2, -0.15) is 0 Å². The zero-order valence-corrected chi connectivity index (χ0v) is 19.8. The van der Waals surface area contributed by atoms with E-state index in [1.807, 2.05) is 45.1 Å². The first-order valence-corrected chi connectivity index (χ1v) is 12.2. The maximum Gasteiger partial charge on any atom is 0.316 e. The second-order valence-corrected chi connectivity index (χ2v) is 10.7. The summed E-state index contributed by atoms with van der Waals surface area (Å²) in [6.45, 7) is 8.78. The van der Waals surface area contributed by atoms with Crippen LogP contribution in [0.5, 0.6) is 0 Å². The Morgan fingerprint density at radius 1 is 1.16 bits per heavy atom. The van der Waals surface area contributed by atoms with Crippen LogP contribution in [0.25, 0.3) is 6.08 Å². The number of nitrogens with zero attached hydrogens (tertiary/aromatic N) is 1. The summed E-state index contributed by atoms with van der Waals surface area (Å²) in [4.78, 5) is 27.9. The molecule has 4 fully saturated rings. The third-order valence-electron chi connectivity index (χ3n) is 7.16. The molecule has 1 atom stereocenters. The number of benzene rings is 1. The van der Waals surface area contributed by atoms with E-state index >= 15 is 0 Å². The second-order valence-electron chi connectivity index (χ2n) is 10.7. The molecule has 1 aliphatic carbocycles. The fourth-order valence-corrected chi connectivity index (χ4v) is 5.50. The molecule has 2 bridgehead atoms. The Hall–Kier alpha value is -2.14. The van der Waals surface area contributed by atoms with E-state index in [2.05, 4.69) is 17.0 Å². The zero-order chi connectivity index (χ0) is 22.8. The fraction of sp³-hybridized carbons (Fsp3) is 0.630. The van der Waals surface area contributed by atoms with Crippen molar-refractivity contribution in [3.05, 3.63) is 41.5 Å². The van der Waals surface area contributed by atoms with Gasteiger partial charge in [0.1, 0.15) is 11.7 Å². The molecule has 1 saturated carbocycles. The van der Waals surface area contributed by atoms with E-state index in [9.17, 15) is 9.59 Å². The molecule has 4 aliphatic rings. The van der Waals surface area contributed by atoms with Gasteiger partial charge in [-0.3, -0.25) is 14.5 Å². The predicted molar refractivity (Wildman–Crippen MR) is 125 cm³/mol. The Morgan fingerprint density at radius 3 is 2.50 bits per heavy atom. The second kappa shape index (κ2) is 9.38. The van der Waals surface area contributed by atoms with Crippen molar-refractivity contribution in [2.45, 2.75) is 82.8 Å². The molecule has 5 nitrogen and oxygen atoms in total. The summed E-state index contributed by atoms with van der Waals surface area (Å²) in [5.74, 6) is 0.242. The standard InChI is InChI=1S/C27H37NO4/c1-26(2,3)32-24(29)11-7-9-20-8-6-10-22(18-20)27(14-4-5-15-27)25(30)31-23-19-28-16-12-21(23)13-17-28/h6-10,18,21,23H,4-5,11-17,19H2,1-3H3/b9-7+/t23-/m0/s1. The molecular formula is C27H37NO4. The molecule has 3 saturated heterocycles. The van der Waals surface area contributed by atoms with Crippen LogP contribution in [0.1, 0.15) is 76.8 Å². The van der Waals surface area contributed by atoms with Crippen LogP contribution in [0.3, 0.4) is 0 Å². The monoisotopic (exact) mass is 439 g/mol. The van der Waals surface area contributed by atoms with Crippen LogP contribution in [-0.2, 0) is 24.5 Å². The van der Waals surface area contributed by atoms with Crippen LogP contribution in [0.2, 0.25) is 0 Å². The normalized spacial score (nSPS) is 26.9. The molecule has 174 valence electrons. The van der Waals surface area contributed by atoms with Gasteiger partial charge in [0.05, 0.1) is 11.8 Å². The number of piperidine rings is 3. The summed E-state index contributed by atoms with van der Waals surface area (Å²) in [7, 11) is 0. The lowest BCUT2D eigenvalue weighted by molar-refractivity contribution is -0.166. The van der Waals surface area contributed by atoms with Crippen molar-refractivity contribution in [3.8, 4) is 0 Å². The summed E-state index contributed by atoms with van der Waals surface area (Å²) in [6.07, 6.45) is 10.1. The van der Waals surface area contributed by atoms with Gasteiger partial charge < -0.3 is 9.47 Å². The summed E-state index contributed by atoms with van der Waals surface area (Å²) >= 11 is 0. The zero-order valence-electron chi connectivity index (χ0n) is 19.8. The molecule has 32 heavy (non-hydrogen) atoms. The first kappa shape index (κ1) is 23.0. The van der Waals surface area contributed by atoms with Crippen molar-refractivity contribution in [1.82, 2.24) is 4.90 Å². The summed E-state index contributed by atoms with van der Waals surface area (Å²) in [5, 5.41) is 0. The van der Waals surface area contributed by atoms with E-state index in [0.717, 1.165) is 69.3 Å². The molecule has 5 heteroatoms. The number of carbonyl (C=O) groups excluding carboxylic acids is 2. The largest absolute Gasteiger partial charge is 0.460 e. The maximum atomic E-state index is 13.5. The van der Waals surface area contributed by atoms with Gasteiger partial charge in [0.25, 0.3) is 0 Å². The van der Waals surface area contributed by atoms with Crippen LogP contribution in [-0.4, -0.2) is 48.2 Å². The van der Waals surface area contributed by atoms with Gasteiger partial charge >= 0.3 is 11.9 Å². The lowest BCUT2D eigenvalue weighted by Crippen LogP contribution is -2.53. The number of hydrogen-bond acceptors (Lipinski definition) is 5. The van der Waals surface area contributed by atoms with Gasteiger partial charge in [-0.25, -0.2) is 0 Å². The van der Waals surface area contributed by atoms with Gasteiger partial charge in [0.2, 0.25) is 0 Å². The first-order valence-electron chi connectivity index (χ1n) is 12.2. The lowest BCUT2D eigenvalue weighted by atomic mass is 9.78. The highest BCUT2D eigenvalue weighted by Crippen LogP contribution is 2.43. The van der Waals surface area contributed by atoms with E-state index in [1.165, 1.54) is 0 Å². The van der Waals surface area contributed by atoms with E-state index < -0.39 is 11.0 Å². The molecule has 0 unspecified atom stereocenters. The molecule has 5 rings (SSSR count). The van der Waals surface area contributed by atoms with Crippen LogP contribution in [0.15, 0.2) is 30.3 Å². The average molecular weight is 440 g/mol. The third kappa shape index (κ3) is 5.25. The minimum absolute atomic E-state index is 0.0383. The van der Waals surface area contributed by atoms with Crippen molar-refractivity contribution in [3.63, 3.8) is 0 Å². The van der Waals surface area contributed by atoms with Gasteiger partial charge in [-0.05, 0) is 76.6 Å². The summed E-state index contributed by atoms with van der Waals surface area (Å²) in [6, 6.07) is 8.17. The van der Waals surface area contributed by atoms with Crippen LogP contribution >= 0.6 is 0 Å². The molecule has 0 N–H and O–H groups in total. The number of carbonyl (C=O) groups is 2. The number of hydrogen-bond donors (Lipinski definition) is 0. The van der Waals surface area contributed by atoms with Crippen molar-refractivity contribution in [1.29, 1.82) is 0 Å². The SMILES string of the molecule is CC(C)(C)OC(=O)C/C=C/c1cccc(C2(C(=O)O[C@H]3CN4CCC3CC4)CCCC2)c1. The quantitative estimate of drug-likeness (QED) is 0.591. The van der Waals surface area contributed by atoms with Gasteiger partial charge in [0, 0.05) is 6.54 Å². The molecule has 1 aromatic rings. The van der Waals surface area contributed by atoms with Gasteiger partial charge in [-0.15, -0.1) is 0 Å². The van der Waals surface area contributed by atoms with Gasteiger partial charge in [-0.1, -0.05) is 49.3 Å². The minimum atomic E-state index is -0.541. The number of esters is 2. The molecule has 3 aliphatic heterocycles. The first-order chi connectivity index (χ1) is 15.2. The summed E-state index contributed by atoms with van der Waals surface area (Å²) < 4.78 is 11.6. The van der Waals surface area contributed by atoms with E-state index in [-0.39, 0.29) is 24.5 Å². The van der Waals surface area contributed by atoms with Crippen molar-refractivity contribution in [2.24, 2.45) is 5.92 Å². The van der Waals surface area contributed by atoms with Gasteiger partial charge in [0.15, 0.2) is 0 Å². The lowest BCUT2D eigenvalue weighted by Gasteiger charge is -2.45. The number of fused-ring (bicyclic) bond motifs is 3. The van der Waals surface area contributed by atoms with Crippen molar-refractivity contribution in [2.75, 3.05) is 19.6 Å². The summed E-state index contributed by atoms with van der Waals surface area (Å²) in [5.41, 5.74) is 1.02. The Balaban J connectivity index is 1.46. The van der Waals surface area contributed by atoms with Crippen LogP contribution in [0.4, 0.5) is 0 Å². The predicted octanol–water partition coefficient (Wildman–Crippen LogP) is 4.88. The topological polar surface area (TPSA) is 55.8 Å². The molecule has 0 amide bonds. The van der Waals surface area contributed by atoms with Crippen LogP contribution in [0, 0.1) is 5.92 Å². The fourth-order valence-electron chi connectivity index (χ4n) is 5.50. The third-order valence-corrected chi connectivity index (χ3v) is 7.16. The molecule has 3 heterocycles. The van der Waals surface area contributed by atoms with E-state index in [4.69, 9.17) is 9.47 Å². The Kier molecular flexibility index (Phi) is 6.75.